The zero-order valence-electron chi connectivity index (χ0n) is 28.6. The molecule has 0 bridgehead atoms. The molecule has 2 atom stereocenters. The molecule has 1 aromatic heterocycles. The molecule has 5 aromatic rings. The molecule has 6 rings (SSSR count). The van der Waals surface area contributed by atoms with Crippen molar-refractivity contribution in [1.82, 2.24) is 0 Å². The highest BCUT2D eigenvalue weighted by atomic mass is 32.2. The Kier molecular flexibility index (Phi) is 11.6. The first-order valence-corrected chi connectivity index (χ1v) is 19.1. The summed E-state index contributed by atoms with van der Waals surface area (Å²) in [5, 5.41) is 13.0. The van der Waals surface area contributed by atoms with E-state index in [0.29, 0.717) is 43.5 Å². The Morgan fingerprint density at radius 2 is 1.61 bits per heavy atom. The molecule has 1 N–H and O–H groups in total. The number of aryl methyl sites for hydroxylation is 1. The van der Waals surface area contributed by atoms with Gasteiger partial charge < -0.3 is 19.3 Å². The summed E-state index contributed by atoms with van der Waals surface area (Å²) in [5.74, 6) is 1.83. The van der Waals surface area contributed by atoms with Crippen molar-refractivity contribution in [3.63, 3.8) is 0 Å². The lowest BCUT2D eigenvalue weighted by molar-refractivity contribution is -0.777. The maximum Gasteiger partial charge on any atom is 0.374 e. The second-order valence-corrected chi connectivity index (χ2v) is 15.4. The third-order valence-electron chi connectivity index (χ3n) is 8.96. The van der Waals surface area contributed by atoms with Crippen LogP contribution < -0.4 is 19.5 Å². The van der Waals surface area contributed by atoms with E-state index in [2.05, 4.69) is 32.1 Å². The summed E-state index contributed by atoms with van der Waals surface area (Å²) < 4.78 is 53.1. The molecule has 0 spiro atoms. The highest BCUT2D eigenvalue weighted by Gasteiger charge is 2.30. The predicted molar refractivity (Wildman–Crippen MR) is 198 cm³/mol. The number of aromatic nitrogens is 1. The van der Waals surface area contributed by atoms with Crippen LogP contribution in [-0.2, 0) is 26.0 Å². The average Bonchev–Trinajstić information content (AvgIpc) is 3.67. The van der Waals surface area contributed by atoms with Gasteiger partial charge in [-0.15, -0.1) is 0 Å². The van der Waals surface area contributed by atoms with E-state index < -0.39 is 15.4 Å². The zero-order valence-corrected chi connectivity index (χ0v) is 30.2. The first kappa shape index (κ1) is 36.4. The van der Waals surface area contributed by atoms with E-state index in [1.165, 1.54) is 6.92 Å². The van der Waals surface area contributed by atoms with Crippen LogP contribution in [-0.4, -0.2) is 30.0 Å². The summed E-state index contributed by atoms with van der Waals surface area (Å²) in [6.07, 6.45) is 5.43. The van der Waals surface area contributed by atoms with Gasteiger partial charge in [-0.05, 0) is 65.8 Å². The van der Waals surface area contributed by atoms with E-state index in [9.17, 15) is 18.2 Å². The number of hydrogen-bond acceptors (Lipinski definition) is 9. The molecule has 0 saturated carbocycles. The van der Waals surface area contributed by atoms with Gasteiger partial charge in [0, 0.05) is 42.4 Å². The number of anilines is 1. The number of rotatable bonds is 15. The van der Waals surface area contributed by atoms with Crippen molar-refractivity contribution in [3.05, 3.63) is 120 Å². The molecule has 0 saturated heterocycles. The Hall–Kier alpha value is -4.43. The van der Waals surface area contributed by atoms with Gasteiger partial charge in [-0.3, -0.25) is 9.59 Å². The highest BCUT2D eigenvalue weighted by molar-refractivity contribution is 7.95. The molecule has 51 heavy (non-hydrogen) atoms. The molecule has 10 nitrogen and oxygen atoms in total. The standard InChI is InChI=1S/C39H40N2O8S2/c1-4-29(23-38-40(21-19-27(2)50-49-48-42)34-25-32(15-17-36(34)46-38)30-11-7-5-8-12-30)24-39-41(22-20-28(3)51(43,44)45)35-26-33(16-18-37(35)47-39)31-13-9-6-10-14-31/h5-18,23-28H,4,19-22H2,1-3H3,(H-,42,43,44,45). The van der Waals surface area contributed by atoms with Crippen LogP contribution in [0.25, 0.3) is 39.4 Å². The minimum absolute atomic E-state index is 0.0387. The van der Waals surface area contributed by atoms with E-state index in [1.54, 1.807) is 0 Å². The van der Waals surface area contributed by atoms with Gasteiger partial charge in [0.25, 0.3) is 15.6 Å². The molecule has 1 aliphatic rings. The maximum absolute atomic E-state index is 11.9. The van der Waals surface area contributed by atoms with Crippen LogP contribution in [0.4, 0.5) is 5.69 Å². The van der Waals surface area contributed by atoms with E-state index in [-0.39, 0.29) is 11.7 Å². The van der Waals surface area contributed by atoms with Crippen molar-refractivity contribution < 1.29 is 41.3 Å². The topological polar surface area (TPSA) is 125 Å². The number of benzene rings is 4. The first-order valence-electron chi connectivity index (χ1n) is 16.8. The molecule has 4 aromatic carbocycles. The Morgan fingerprint density at radius 1 is 0.941 bits per heavy atom. The van der Waals surface area contributed by atoms with Crippen molar-refractivity contribution in [2.45, 2.75) is 57.1 Å². The summed E-state index contributed by atoms with van der Waals surface area (Å²) in [5.41, 5.74) is 7.55. The first-order chi connectivity index (χ1) is 24.6. The summed E-state index contributed by atoms with van der Waals surface area (Å²) in [6, 6.07) is 32.2. The Morgan fingerprint density at radius 3 is 2.25 bits per heavy atom. The van der Waals surface area contributed by atoms with Gasteiger partial charge >= 0.3 is 5.89 Å². The third kappa shape index (κ3) is 8.73. The smallest absolute Gasteiger partial charge is 0.374 e. The van der Waals surface area contributed by atoms with Crippen molar-refractivity contribution in [3.8, 4) is 28.0 Å². The SMILES string of the molecule is CCC(=Cc1oc2ccc(-c3ccccc3)cc2[n+]1CCC(C)SOO[O-])/C=C1/Oc2ccc(-c3ccccc3)cc2N1CCC(C)S(=O)(=O)O. The third-order valence-corrected chi connectivity index (χ3v) is 10.9. The molecule has 1 aliphatic heterocycles. The fourth-order valence-electron chi connectivity index (χ4n) is 5.96. The van der Waals surface area contributed by atoms with E-state index in [0.717, 1.165) is 56.7 Å². The quantitative estimate of drug-likeness (QED) is 0.0374. The molecule has 12 heteroatoms. The number of fused-ring (bicyclic) bond motifs is 2. The molecule has 2 unspecified atom stereocenters. The fraction of sp³-hybridized carbons (Fsp3) is 0.256. The van der Waals surface area contributed by atoms with Crippen LogP contribution in [0, 0.1) is 0 Å². The minimum Gasteiger partial charge on any atom is -0.691 e. The molecule has 2 heterocycles. The average molecular weight is 729 g/mol. The van der Waals surface area contributed by atoms with Crippen LogP contribution in [0.15, 0.2) is 119 Å². The molecular formula is C39H40N2O8S2. The van der Waals surface area contributed by atoms with E-state index >= 15 is 0 Å². The van der Waals surface area contributed by atoms with Gasteiger partial charge in [0.2, 0.25) is 11.5 Å². The van der Waals surface area contributed by atoms with Crippen LogP contribution in [0.5, 0.6) is 5.75 Å². The van der Waals surface area contributed by atoms with E-state index in [4.69, 9.17) is 9.15 Å². The monoisotopic (exact) mass is 728 g/mol. The molecule has 0 fully saturated rings. The lowest BCUT2D eigenvalue weighted by Crippen LogP contribution is -2.36. The minimum atomic E-state index is -4.21. The number of allylic oxidation sites excluding steroid dienone is 2. The van der Waals surface area contributed by atoms with Crippen LogP contribution >= 0.6 is 12.0 Å². The van der Waals surface area contributed by atoms with Crippen molar-refractivity contribution in [1.29, 1.82) is 0 Å². The number of ether oxygens (including phenoxy) is 1. The van der Waals surface area contributed by atoms with Gasteiger partial charge in [-0.25, -0.2) is 0 Å². The number of oxazole rings is 1. The number of hydrogen-bond donors (Lipinski definition) is 1. The molecule has 266 valence electrons. The summed E-state index contributed by atoms with van der Waals surface area (Å²) in [7, 11) is -4.21. The Balaban J connectivity index is 1.39. The largest absolute Gasteiger partial charge is 0.691 e. The number of nitrogens with zero attached hydrogens (tertiary/aromatic N) is 2. The summed E-state index contributed by atoms with van der Waals surface area (Å²) in [6.45, 7) is 6.37. The molecular weight excluding hydrogens is 689 g/mol. The maximum atomic E-state index is 11.9. The van der Waals surface area contributed by atoms with Gasteiger partial charge in [0.15, 0.2) is 12.3 Å². The van der Waals surface area contributed by atoms with Gasteiger partial charge in [-0.2, -0.15) is 17.3 Å². The van der Waals surface area contributed by atoms with Crippen LogP contribution in [0.3, 0.4) is 0 Å². The lowest BCUT2D eigenvalue weighted by Gasteiger charge is -2.20. The van der Waals surface area contributed by atoms with Gasteiger partial charge in [0.05, 0.1) is 17.0 Å². The molecule has 0 amide bonds. The second kappa shape index (κ2) is 16.3. The Labute approximate surface area is 302 Å². The zero-order chi connectivity index (χ0) is 36.0. The summed E-state index contributed by atoms with van der Waals surface area (Å²) in [4.78, 5) is 1.96. The van der Waals surface area contributed by atoms with Crippen molar-refractivity contribution in [2.24, 2.45) is 0 Å². The second-order valence-electron chi connectivity index (χ2n) is 12.4. The molecule has 0 radical (unpaired) electrons. The predicted octanol–water partition coefficient (Wildman–Crippen LogP) is 7.90. The lowest BCUT2D eigenvalue weighted by atomic mass is 10.0. The van der Waals surface area contributed by atoms with E-state index in [1.807, 2.05) is 110 Å². The van der Waals surface area contributed by atoms with Gasteiger partial charge in [0.1, 0.15) is 0 Å². The Bertz CT molecular complexity index is 2130. The fourth-order valence-corrected chi connectivity index (χ4v) is 6.73. The molecule has 0 aliphatic carbocycles. The van der Waals surface area contributed by atoms with Crippen LogP contribution in [0.1, 0.15) is 45.9 Å². The highest BCUT2D eigenvalue weighted by Crippen LogP contribution is 2.42. The van der Waals surface area contributed by atoms with Gasteiger partial charge in [-0.1, -0.05) is 86.6 Å². The summed E-state index contributed by atoms with van der Waals surface area (Å²) >= 11 is 0.972. The normalized spacial score (nSPS) is 15.3. The van der Waals surface area contributed by atoms with Crippen molar-refractivity contribution >= 4 is 45.0 Å². The van der Waals surface area contributed by atoms with Crippen molar-refractivity contribution in [2.75, 3.05) is 11.4 Å². The van der Waals surface area contributed by atoms with Crippen LogP contribution in [0.2, 0.25) is 0 Å².